The molecule has 1 aliphatic rings. The number of ketones is 2. The molecule has 0 radical (unpaired) electrons. The lowest BCUT2D eigenvalue weighted by molar-refractivity contribution is -0.111. The number of rotatable bonds is 2. The molecule has 0 spiro atoms. The molecule has 0 bridgehead atoms. The van der Waals surface area contributed by atoms with Crippen LogP contribution in [-0.4, -0.2) is 29.2 Å². The summed E-state index contributed by atoms with van der Waals surface area (Å²) in [6, 6.07) is 6.94. The van der Waals surface area contributed by atoms with Crippen LogP contribution in [0.3, 0.4) is 0 Å². The van der Waals surface area contributed by atoms with Crippen LogP contribution in [0.25, 0.3) is 5.57 Å². The second-order valence-electron chi connectivity index (χ2n) is 5.77. The first kappa shape index (κ1) is 15.9. The van der Waals surface area contributed by atoms with Gasteiger partial charge in [-0.1, -0.05) is 24.3 Å². The van der Waals surface area contributed by atoms with E-state index < -0.39 is 17.5 Å². The molecule has 1 heterocycles. The molecule has 3 rings (SSSR count). The first-order valence-electron chi connectivity index (χ1n) is 7.52. The molecule has 24 heavy (non-hydrogen) atoms. The van der Waals surface area contributed by atoms with Crippen molar-refractivity contribution in [3.63, 3.8) is 0 Å². The predicted octanol–water partition coefficient (Wildman–Crippen LogP) is 2.63. The minimum atomic E-state index is -0.583. The summed E-state index contributed by atoms with van der Waals surface area (Å²) >= 11 is 0. The molecule has 2 aromatic rings. The Morgan fingerprint density at radius 2 is 1.67 bits per heavy atom. The molecule has 0 atom stereocenters. The minimum absolute atomic E-state index is 0.358. The molecule has 5 nitrogen and oxygen atoms in total. The molecule has 0 aliphatic heterocycles. The van der Waals surface area contributed by atoms with Crippen LogP contribution in [0.1, 0.15) is 43.2 Å². The standard InChI is InChI=1S/C19H17NO4/c1-10-16(17(19(23)24-4)11(2)20(10)3)14-9-15(21)18(22)13-8-6-5-7-12(13)14/h5-9H,1-4H3. The van der Waals surface area contributed by atoms with E-state index in [4.69, 9.17) is 4.74 Å². The van der Waals surface area contributed by atoms with E-state index in [0.29, 0.717) is 27.8 Å². The third-order valence-corrected chi connectivity index (χ3v) is 4.60. The number of hydrogen-bond acceptors (Lipinski definition) is 4. The molecule has 1 aliphatic carbocycles. The largest absolute Gasteiger partial charge is 0.465 e. The molecule has 0 N–H and O–H groups in total. The van der Waals surface area contributed by atoms with Crippen LogP contribution < -0.4 is 0 Å². The lowest BCUT2D eigenvalue weighted by Gasteiger charge is -2.17. The van der Waals surface area contributed by atoms with E-state index in [9.17, 15) is 14.4 Å². The van der Waals surface area contributed by atoms with E-state index in [0.717, 1.165) is 11.4 Å². The molecule has 0 fully saturated rings. The molecule has 0 unspecified atom stereocenters. The first-order valence-corrected chi connectivity index (χ1v) is 7.52. The fourth-order valence-electron chi connectivity index (χ4n) is 3.16. The number of carbonyl (C=O) groups is 3. The summed E-state index contributed by atoms with van der Waals surface area (Å²) in [6.45, 7) is 3.70. The molecule has 5 heteroatoms. The van der Waals surface area contributed by atoms with Crippen molar-refractivity contribution in [3.8, 4) is 0 Å². The van der Waals surface area contributed by atoms with Gasteiger partial charge in [-0.3, -0.25) is 9.59 Å². The van der Waals surface area contributed by atoms with E-state index in [1.165, 1.54) is 13.2 Å². The monoisotopic (exact) mass is 323 g/mol. The Kier molecular flexibility index (Phi) is 3.72. The number of fused-ring (bicyclic) bond motifs is 1. The summed E-state index contributed by atoms with van der Waals surface area (Å²) < 4.78 is 6.80. The molecule has 0 saturated heterocycles. The highest BCUT2D eigenvalue weighted by Gasteiger charge is 2.31. The molecular formula is C19H17NO4. The van der Waals surface area contributed by atoms with Crippen LogP contribution in [-0.2, 0) is 16.6 Å². The van der Waals surface area contributed by atoms with Gasteiger partial charge in [-0.25, -0.2) is 4.79 Å². The Balaban J connectivity index is 2.36. The summed E-state index contributed by atoms with van der Waals surface area (Å²) in [5.41, 5.74) is 4.22. The normalized spacial score (nSPS) is 13.6. The van der Waals surface area contributed by atoms with Crippen molar-refractivity contribution in [2.45, 2.75) is 13.8 Å². The van der Waals surface area contributed by atoms with Gasteiger partial charge in [0.15, 0.2) is 0 Å². The summed E-state index contributed by atoms with van der Waals surface area (Å²) in [6.07, 6.45) is 1.32. The highest BCUT2D eigenvalue weighted by atomic mass is 16.5. The van der Waals surface area contributed by atoms with E-state index in [2.05, 4.69) is 0 Å². The maximum absolute atomic E-state index is 12.3. The average molecular weight is 323 g/mol. The van der Waals surface area contributed by atoms with Crippen LogP contribution in [0.2, 0.25) is 0 Å². The van der Waals surface area contributed by atoms with Crippen LogP contribution in [0.4, 0.5) is 0 Å². The summed E-state index contributed by atoms with van der Waals surface area (Å²) in [4.78, 5) is 36.6. The van der Waals surface area contributed by atoms with Gasteiger partial charge in [-0.15, -0.1) is 0 Å². The summed E-state index contributed by atoms with van der Waals surface area (Å²) in [5, 5.41) is 0. The van der Waals surface area contributed by atoms with Gasteiger partial charge in [0, 0.05) is 29.6 Å². The third-order valence-electron chi connectivity index (χ3n) is 4.60. The van der Waals surface area contributed by atoms with Crippen LogP contribution >= 0.6 is 0 Å². The minimum Gasteiger partial charge on any atom is -0.465 e. The van der Waals surface area contributed by atoms with Gasteiger partial charge in [-0.05, 0) is 31.1 Å². The Bertz CT molecular complexity index is 931. The van der Waals surface area contributed by atoms with Gasteiger partial charge in [0.05, 0.1) is 12.7 Å². The number of carbonyl (C=O) groups excluding carboxylic acids is 3. The number of methoxy groups -OCH3 is 1. The topological polar surface area (TPSA) is 65.4 Å². The highest BCUT2D eigenvalue weighted by molar-refractivity contribution is 6.51. The maximum Gasteiger partial charge on any atom is 0.340 e. The highest BCUT2D eigenvalue weighted by Crippen LogP contribution is 2.36. The summed E-state index contributed by atoms with van der Waals surface area (Å²) in [7, 11) is 3.18. The molecule has 0 amide bonds. The zero-order chi connectivity index (χ0) is 17.6. The zero-order valence-electron chi connectivity index (χ0n) is 14.0. The second-order valence-corrected chi connectivity index (χ2v) is 5.77. The molecule has 122 valence electrons. The van der Waals surface area contributed by atoms with Gasteiger partial charge in [0.25, 0.3) is 0 Å². The van der Waals surface area contributed by atoms with Crippen LogP contribution in [0, 0.1) is 13.8 Å². The molecule has 1 aromatic carbocycles. The zero-order valence-corrected chi connectivity index (χ0v) is 14.0. The van der Waals surface area contributed by atoms with Crippen LogP contribution in [0.15, 0.2) is 30.3 Å². The van der Waals surface area contributed by atoms with Gasteiger partial charge < -0.3 is 9.30 Å². The lowest BCUT2D eigenvalue weighted by Crippen LogP contribution is -2.19. The lowest BCUT2D eigenvalue weighted by atomic mass is 9.84. The fraction of sp³-hybridized carbons (Fsp3) is 0.211. The molecular weight excluding hydrogens is 306 g/mol. The van der Waals surface area contributed by atoms with E-state index in [1.54, 1.807) is 24.3 Å². The Morgan fingerprint density at radius 3 is 2.29 bits per heavy atom. The number of benzene rings is 1. The van der Waals surface area contributed by atoms with Gasteiger partial charge >= 0.3 is 5.97 Å². The second kappa shape index (κ2) is 5.60. The van der Waals surface area contributed by atoms with Crippen molar-refractivity contribution in [1.29, 1.82) is 0 Å². The number of allylic oxidation sites excluding steroid dienone is 1. The van der Waals surface area contributed by atoms with Crippen molar-refractivity contribution in [1.82, 2.24) is 4.57 Å². The van der Waals surface area contributed by atoms with Gasteiger partial charge in [0.2, 0.25) is 11.6 Å². The predicted molar refractivity (Wildman–Crippen MR) is 89.1 cm³/mol. The van der Waals surface area contributed by atoms with Crippen LogP contribution in [0.5, 0.6) is 0 Å². The van der Waals surface area contributed by atoms with Crippen molar-refractivity contribution < 1.29 is 19.1 Å². The van der Waals surface area contributed by atoms with E-state index >= 15 is 0 Å². The molecule has 1 aromatic heterocycles. The SMILES string of the molecule is COC(=O)c1c(C2=CC(=O)C(=O)c3ccccc32)c(C)n(C)c1C. The number of nitrogens with zero attached hydrogens (tertiary/aromatic N) is 1. The molecule has 0 saturated carbocycles. The summed E-state index contributed by atoms with van der Waals surface area (Å²) in [5.74, 6) is -1.58. The van der Waals surface area contributed by atoms with Crippen molar-refractivity contribution >= 4 is 23.1 Å². The van der Waals surface area contributed by atoms with Crippen molar-refractivity contribution in [2.24, 2.45) is 7.05 Å². The first-order chi connectivity index (χ1) is 11.4. The van der Waals surface area contributed by atoms with Crippen molar-refractivity contribution in [2.75, 3.05) is 7.11 Å². The Hall–Kier alpha value is -2.95. The number of ether oxygens (including phenoxy) is 1. The van der Waals surface area contributed by atoms with Crippen molar-refractivity contribution in [3.05, 3.63) is 64.0 Å². The quantitative estimate of drug-likeness (QED) is 0.629. The maximum atomic E-state index is 12.3. The van der Waals surface area contributed by atoms with E-state index in [-0.39, 0.29) is 0 Å². The third kappa shape index (κ3) is 2.12. The number of aromatic nitrogens is 1. The fourth-order valence-corrected chi connectivity index (χ4v) is 3.16. The smallest absolute Gasteiger partial charge is 0.340 e. The average Bonchev–Trinajstić information content (AvgIpc) is 2.81. The number of Topliss-reactive ketones (excluding diaryl/α,β-unsaturated/α-hetero) is 1. The number of esters is 1. The Labute approximate surface area is 139 Å². The number of hydrogen-bond donors (Lipinski definition) is 0. The van der Waals surface area contributed by atoms with Gasteiger partial charge in [0.1, 0.15) is 0 Å². The van der Waals surface area contributed by atoms with Gasteiger partial charge in [-0.2, -0.15) is 0 Å². The van der Waals surface area contributed by atoms with E-state index in [1.807, 2.05) is 25.5 Å². The Morgan fingerprint density at radius 1 is 1.04 bits per heavy atom.